The van der Waals surface area contributed by atoms with Crippen molar-refractivity contribution in [1.29, 1.82) is 0 Å². The van der Waals surface area contributed by atoms with E-state index in [-0.39, 0.29) is 10.0 Å². The standard InChI is InChI=1S/C8H6BrF2NO/c1-12-8(13)4-2-6(10)7(11)3-5(4)9/h2-3H,1H3,(H,12,13). The SMILES string of the molecule is CNC(=O)c1cc(F)c(F)cc1Br. The summed E-state index contributed by atoms with van der Waals surface area (Å²) in [6, 6.07) is 1.76. The Hall–Kier alpha value is -0.970. The molecule has 70 valence electrons. The topological polar surface area (TPSA) is 29.1 Å². The molecule has 0 spiro atoms. The van der Waals surface area contributed by atoms with E-state index in [0.717, 1.165) is 12.1 Å². The highest BCUT2D eigenvalue weighted by molar-refractivity contribution is 9.10. The smallest absolute Gasteiger partial charge is 0.252 e. The summed E-state index contributed by atoms with van der Waals surface area (Å²) < 4.78 is 25.5. The second-order valence-corrected chi connectivity index (χ2v) is 3.18. The Bertz CT molecular complexity index is 354. The summed E-state index contributed by atoms with van der Waals surface area (Å²) in [4.78, 5) is 11.1. The molecule has 0 bridgehead atoms. The van der Waals surface area contributed by atoms with Crippen LogP contribution in [0, 0.1) is 11.6 Å². The van der Waals surface area contributed by atoms with Crippen LogP contribution < -0.4 is 5.32 Å². The zero-order chi connectivity index (χ0) is 10.0. The molecule has 5 heteroatoms. The Labute approximate surface area is 82.1 Å². The molecule has 13 heavy (non-hydrogen) atoms. The van der Waals surface area contributed by atoms with E-state index in [9.17, 15) is 13.6 Å². The molecule has 0 aliphatic carbocycles. The lowest BCUT2D eigenvalue weighted by Gasteiger charge is -2.03. The largest absolute Gasteiger partial charge is 0.355 e. The van der Waals surface area contributed by atoms with Gasteiger partial charge in [0.1, 0.15) is 0 Å². The maximum Gasteiger partial charge on any atom is 0.252 e. The van der Waals surface area contributed by atoms with Gasteiger partial charge in [-0.1, -0.05) is 0 Å². The summed E-state index contributed by atoms with van der Waals surface area (Å²) in [6.45, 7) is 0. The molecule has 1 amide bonds. The first-order valence-electron chi connectivity index (χ1n) is 3.43. The monoisotopic (exact) mass is 249 g/mol. The third kappa shape index (κ3) is 2.03. The molecule has 0 saturated heterocycles. The van der Waals surface area contributed by atoms with E-state index in [2.05, 4.69) is 21.2 Å². The molecular weight excluding hydrogens is 244 g/mol. The number of rotatable bonds is 1. The van der Waals surface area contributed by atoms with Gasteiger partial charge in [-0.25, -0.2) is 8.78 Å². The molecule has 0 fully saturated rings. The highest BCUT2D eigenvalue weighted by Crippen LogP contribution is 2.20. The number of hydrogen-bond donors (Lipinski definition) is 1. The molecule has 1 aromatic carbocycles. The van der Waals surface area contributed by atoms with Crippen molar-refractivity contribution in [2.24, 2.45) is 0 Å². The molecule has 1 aromatic rings. The zero-order valence-corrected chi connectivity index (χ0v) is 8.28. The molecule has 0 radical (unpaired) electrons. The van der Waals surface area contributed by atoms with Crippen LogP contribution in [0.5, 0.6) is 0 Å². The molecule has 0 atom stereocenters. The number of benzene rings is 1. The lowest BCUT2D eigenvalue weighted by Crippen LogP contribution is -2.18. The number of halogens is 3. The molecule has 0 aliphatic rings. The fourth-order valence-corrected chi connectivity index (χ4v) is 1.33. The van der Waals surface area contributed by atoms with Gasteiger partial charge in [-0.05, 0) is 28.1 Å². The molecule has 2 nitrogen and oxygen atoms in total. The van der Waals surface area contributed by atoms with Gasteiger partial charge in [0.15, 0.2) is 11.6 Å². The van der Waals surface area contributed by atoms with Crippen molar-refractivity contribution in [3.63, 3.8) is 0 Å². The second kappa shape index (κ2) is 3.83. The summed E-state index contributed by atoms with van der Waals surface area (Å²) in [7, 11) is 1.41. The molecule has 1 rings (SSSR count). The van der Waals surface area contributed by atoms with E-state index in [0.29, 0.717) is 0 Å². The van der Waals surface area contributed by atoms with E-state index >= 15 is 0 Å². The van der Waals surface area contributed by atoms with E-state index < -0.39 is 17.5 Å². The Kier molecular flexibility index (Phi) is 2.98. The summed E-state index contributed by atoms with van der Waals surface area (Å²) in [5.41, 5.74) is 0.0707. The molecule has 0 unspecified atom stereocenters. The van der Waals surface area contributed by atoms with Crippen molar-refractivity contribution >= 4 is 21.8 Å². The van der Waals surface area contributed by atoms with Crippen LogP contribution in [0.2, 0.25) is 0 Å². The van der Waals surface area contributed by atoms with Gasteiger partial charge in [0.2, 0.25) is 0 Å². The van der Waals surface area contributed by atoms with Crippen molar-refractivity contribution < 1.29 is 13.6 Å². The maximum absolute atomic E-state index is 12.7. The number of carbonyl (C=O) groups excluding carboxylic acids is 1. The van der Waals surface area contributed by atoms with Gasteiger partial charge in [-0.15, -0.1) is 0 Å². The van der Waals surface area contributed by atoms with Gasteiger partial charge in [-0.3, -0.25) is 4.79 Å². The minimum Gasteiger partial charge on any atom is -0.355 e. The molecule has 0 heterocycles. The van der Waals surface area contributed by atoms with Crippen LogP contribution in [0.1, 0.15) is 10.4 Å². The van der Waals surface area contributed by atoms with Crippen molar-refractivity contribution in [2.45, 2.75) is 0 Å². The molecule has 1 N–H and O–H groups in total. The predicted octanol–water partition coefficient (Wildman–Crippen LogP) is 2.09. The number of nitrogens with one attached hydrogen (secondary N) is 1. The fraction of sp³-hybridized carbons (Fsp3) is 0.125. The highest BCUT2D eigenvalue weighted by atomic mass is 79.9. The Balaban J connectivity index is 3.23. The van der Waals surface area contributed by atoms with Crippen molar-refractivity contribution in [3.05, 3.63) is 33.8 Å². The Morgan fingerprint density at radius 3 is 2.46 bits per heavy atom. The summed E-state index contributed by atoms with van der Waals surface area (Å²) >= 11 is 2.96. The average Bonchev–Trinajstić information content (AvgIpc) is 2.10. The molecular formula is C8H6BrF2NO. The highest BCUT2D eigenvalue weighted by Gasteiger charge is 2.12. The van der Waals surface area contributed by atoms with Crippen molar-refractivity contribution in [3.8, 4) is 0 Å². The van der Waals surface area contributed by atoms with Gasteiger partial charge in [0.05, 0.1) is 5.56 Å². The summed E-state index contributed by atoms with van der Waals surface area (Å²) in [6.07, 6.45) is 0. The van der Waals surface area contributed by atoms with Crippen LogP contribution in [-0.2, 0) is 0 Å². The van der Waals surface area contributed by atoms with E-state index in [1.165, 1.54) is 7.05 Å². The molecule has 0 aliphatic heterocycles. The number of amides is 1. The minimum absolute atomic E-state index is 0.0707. The quantitative estimate of drug-likeness (QED) is 0.759. The third-order valence-corrected chi connectivity index (χ3v) is 2.14. The third-order valence-electron chi connectivity index (χ3n) is 1.48. The molecule has 0 saturated carbocycles. The van der Waals surface area contributed by atoms with Crippen LogP contribution in [0.25, 0.3) is 0 Å². The first kappa shape index (κ1) is 10.1. The van der Waals surface area contributed by atoms with Gasteiger partial charge >= 0.3 is 0 Å². The van der Waals surface area contributed by atoms with Crippen LogP contribution in [-0.4, -0.2) is 13.0 Å². The van der Waals surface area contributed by atoms with E-state index in [1.807, 2.05) is 0 Å². The first-order chi connectivity index (χ1) is 6.06. The van der Waals surface area contributed by atoms with Gasteiger partial charge in [-0.2, -0.15) is 0 Å². The summed E-state index contributed by atoms with van der Waals surface area (Å²) in [5.74, 6) is -2.49. The van der Waals surface area contributed by atoms with Crippen molar-refractivity contribution in [2.75, 3.05) is 7.05 Å². The van der Waals surface area contributed by atoms with Crippen molar-refractivity contribution in [1.82, 2.24) is 5.32 Å². The van der Waals surface area contributed by atoms with Crippen LogP contribution in [0.15, 0.2) is 16.6 Å². The second-order valence-electron chi connectivity index (χ2n) is 2.33. The number of hydrogen-bond acceptors (Lipinski definition) is 1. The van der Waals surface area contributed by atoms with Gasteiger partial charge in [0.25, 0.3) is 5.91 Å². The van der Waals surface area contributed by atoms with E-state index in [1.54, 1.807) is 0 Å². The predicted molar refractivity (Wildman–Crippen MR) is 47.4 cm³/mol. The minimum atomic E-state index is -1.04. The van der Waals surface area contributed by atoms with Gasteiger partial charge in [0, 0.05) is 11.5 Å². The zero-order valence-electron chi connectivity index (χ0n) is 6.70. The molecule has 0 aromatic heterocycles. The lowest BCUT2D eigenvalue weighted by atomic mass is 10.2. The Morgan fingerprint density at radius 2 is 1.92 bits per heavy atom. The first-order valence-corrected chi connectivity index (χ1v) is 4.22. The maximum atomic E-state index is 12.7. The number of carbonyl (C=O) groups is 1. The van der Waals surface area contributed by atoms with Gasteiger partial charge < -0.3 is 5.32 Å². The lowest BCUT2D eigenvalue weighted by molar-refractivity contribution is 0.0962. The van der Waals surface area contributed by atoms with Crippen LogP contribution >= 0.6 is 15.9 Å². The normalized spacial score (nSPS) is 9.85. The summed E-state index contributed by atoms with van der Waals surface area (Å²) in [5, 5.41) is 2.31. The fourth-order valence-electron chi connectivity index (χ4n) is 0.831. The van der Waals surface area contributed by atoms with Crippen LogP contribution in [0.4, 0.5) is 8.78 Å². The van der Waals surface area contributed by atoms with Crippen LogP contribution in [0.3, 0.4) is 0 Å². The average molecular weight is 250 g/mol. The Morgan fingerprint density at radius 1 is 1.38 bits per heavy atom. The van der Waals surface area contributed by atoms with E-state index in [4.69, 9.17) is 0 Å².